The monoisotopic (exact) mass is 236 g/mol. The number of ketones is 1. The Hall–Kier alpha value is 0.122. The Bertz CT molecular complexity index is 103. The highest BCUT2D eigenvalue weighted by Crippen LogP contribution is 1.84. The first kappa shape index (κ1) is 24.4. The highest BCUT2D eigenvalue weighted by atomic mass is 27.0. The second kappa shape index (κ2) is 19.7. The average Bonchev–Trinajstić information content (AvgIpc) is 1.82. The molecule has 0 aliphatic carbocycles. The van der Waals surface area contributed by atoms with Gasteiger partial charge in [0.1, 0.15) is 5.78 Å². The number of rotatable bonds is 2. The predicted octanol–water partition coefficient (Wildman–Crippen LogP) is 0.966. The van der Waals surface area contributed by atoms with E-state index in [2.05, 4.69) is 0 Å². The van der Waals surface area contributed by atoms with Crippen molar-refractivity contribution in [2.45, 2.75) is 66.6 Å². The third-order valence-electron chi connectivity index (χ3n) is 0.602. The number of aliphatic hydroxyl groups is 2. The number of carbonyl (C=O) groups excluding carboxylic acids is 1. The molecule has 0 bridgehead atoms. The molecule has 0 atom stereocenters. The van der Waals surface area contributed by atoms with Crippen molar-refractivity contribution in [3.8, 4) is 0 Å². The van der Waals surface area contributed by atoms with Crippen LogP contribution < -0.4 is 0 Å². The highest BCUT2D eigenvalue weighted by Gasteiger charge is 1.83. The quantitative estimate of drug-likeness (QED) is 0.702. The molecule has 0 aromatic rings. The van der Waals surface area contributed by atoms with Gasteiger partial charge in [0.25, 0.3) is 0 Å². The minimum Gasteiger partial charge on any atom is -0.394 e. The molecule has 0 aromatic heterocycles. The lowest BCUT2D eigenvalue weighted by Crippen LogP contribution is -1.85. The summed E-state index contributed by atoms with van der Waals surface area (Å²) in [5.74, 6) is 0.289. The summed E-state index contributed by atoms with van der Waals surface area (Å²) in [6, 6.07) is 0. The molecule has 0 saturated heterocycles. The van der Waals surface area contributed by atoms with E-state index in [4.69, 9.17) is 10.2 Å². The molecular formula is C11H29AlO3. The number of hydrogen-bond acceptors (Lipinski definition) is 3. The molecule has 0 rings (SSSR count). The molecule has 0 radical (unpaired) electrons. The largest absolute Gasteiger partial charge is 0.394 e. The normalized spacial score (nSPS) is 8.13. The van der Waals surface area contributed by atoms with Gasteiger partial charge < -0.3 is 15.0 Å². The Labute approximate surface area is 105 Å². The molecule has 0 saturated carbocycles. The van der Waals surface area contributed by atoms with Crippen LogP contribution in [0.4, 0.5) is 0 Å². The second-order valence-corrected chi connectivity index (χ2v) is 3.64. The van der Waals surface area contributed by atoms with Crippen LogP contribution in [0.2, 0.25) is 0 Å². The van der Waals surface area contributed by atoms with Gasteiger partial charge >= 0.3 is 0 Å². The second-order valence-electron chi connectivity index (χ2n) is 3.64. The van der Waals surface area contributed by atoms with E-state index in [1.165, 1.54) is 0 Å². The summed E-state index contributed by atoms with van der Waals surface area (Å²) in [7, 11) is 0. The van der Waals surface area contributed by atoms with Crippen molar-refractivity contribution in [1.82, 2.24) is 0 Å². The summed E-state index contributed by atoms with van der Waals surface area (Å²) >= 11 is 0. The maximum absolute atomic E-state index is 10.0. The van der Waals surface area contributed by atoms with Gasteiger partial charge in [-0.05, 0) is 41.0 Å². The minimum atomic E-state index is -0.167. The molecule has 0 aliphatic heterocycles. The first-order chi connectivity index (χ1) is 6.23. The molecule has 0 spiro atoms. The zero-order chi connectivity index (χ0) is 12.1. The summed E-state index contributed by atoms with van der Waals surface area (Å²) in [4.78, 5) is 10.0. The van der Waals surface area contributed by atoms with Gasteiger partial charge in [-0.2, -0.15) is 0 Å². The Balaban J connectivity index is -0.0000000606. The standard InChI is InChI=1S/C5H10O.2C3H8O.Al.3H/c1-3-4-5(2)6;2*1-3(2)4;;;;/h3-4H2,1-2H3;2*3-4H,1-2H3;;;;. The van der Waals surface area contributed by atoms with Crippen molar-refractivity contribution in [3.05, 3.63) is 0 Å². The number of Topliss-reactive ketones (excluding diaryl/α,β-unsaturated/α-hetero) is 1. The van der Waals surface area contributed by atoms with Crippen molar-refractivity contribution in [1.29, 1.82) is 0 Å². The van der Waals surface area contributed by atoms with E-state index < -0.39 is 0 Å². The summed E-state index contributed by atoms with van der Waals surface area (Å²) in [5, 5.41) is 16.1. The molecule has 0 aliphatic rings. The van der Waals surface area contributed by atoms with Crippen LogP contribution >= 0.6 is 0 Å². The SMILES string of the molecule is CC(C)O.CC(C)O.CCCC(C)=O.[AlH3]. The Morgan fingerprint density at radius 1 is 1.07 bits per heavy atom. The van der Waals surface area contributed by atoms with Gasteiger partial charge in [-0.25, -0.2) is 0 Å². The van der Waals surface area contributed by atoms with Gasteiger partial charge in [0.05, 0.1) is 0 Å². The van der Waals surface area contributed by atoms with E-state index in [9.17, 15) is 4.79 Å². The highest BCUT2D eigenvalue weighted by molar-refractivity contribution is 5.75. The topological polar surface area (TPSA) is 57.5 Å². The molecule has 15 heavy (non-hydrogen) atoms. The maximum Gasteiger partial charge on any atom is 0.187 e. The molecule has 0 heterocycles. The van der Waals surface area contributed by atoms with Gasteiger partial charge in [-0.15, -0.1) is 0 Å². The Morgan fingerprint density at radius 3 is 1.27 bits per heavy atom. The van der Waals surface area contributed by atoms with E-state index in [0.29, 0.717) is 0 Å². The van der Waals surface area contributed by atoms with Crippen molar-refractivity contribution in [3.63, 3.8) is 0 Å². The third kappa shape index (κ3) is 213. The van der Waals surface area contributed by atoms with E-state index in [1.54, 1.807) is 34.6 Å². The fraction of sp³-hybridized carbons (Fsp3) is 0.909. The molecule has 0 unspecified atom stereocenters. The van der Waals surface area contributed by atoms with Crippen LogP contribution in [-0.4, -0.2) is 45.6 Å². The van der Waals surface area contributed by atoms with E-state index >= 15 is 0 Å². The van der Waals surface area contributed by atoms with Crippen LogP contribution in [0.25, 0.3) is 0 Å². The number of hydrogen-bond donors (Lipinski definition) is 2. The first-order valence-electron chi connectivity index (χ1n) is 5.09. The predicted molar refractivity (Wildman–Crippen MR) is 70.2 cm³/mol. The van der Waals surface area contributed by atoms with Gasteiger partial charge in [-0.3, -0.25) is 0 Å². The first-order valence-corrected chi connectivity index (χ1v) is 5.09. The van der Waals surface area contributed by atoms with Crippen molar-refractivity contribution in [2.24, 2.45) is 0 Å². The van der Waals surface area contributed by atoms with E-state index in [1.807, 2.05) is 6.92 Å². The molecule has 94 valence electrons. The summed E-state index contributed by atoms with van der Waals surface area (Å²) in [6.07, 6.45) is 1.38. The van der Waals surface area contributed by atoms with E-state index in [-0.39, 0.29) is 35.4 Å². The molecule has 2 N–H and O–H groups in total. The molecule has 3 nitrogen and oxygen atoms in total. The fourth-order valence-electron chi connectivity index (χ4n) is 0.352. The molecule has 0 amide bonds. The summed E-state index contributed by atoms with van der Waals surface area (Å²) in [5.41, 5.74) is 0. The third-order valence-corrected chi connectivity index (χ3v) is 0.602. The van der Waals surface area contributed by atoms with Gasteiger partial charge in [-0.1, -0.05) is 6.92 Å². The van der Waals surface area contributed by atoms with Crippen molar-refractivity contribution < 1.29 is 15.0 Å². The number of carbonyl (C=O) groups is 1. The summed E-state index contributed by atoms with van der Waals surface area (Å²) < 4.78 is 0. The van der Waals surface area contributed by atoms with Crippen LogP contribution in [0.1, 0.15) is 54.4 Å². The molecule has 4 heteroatoms. The Morgan fingerprint density at radius 2 is 1.27 bits per heavy atom. The zero-order valence-electron chi connectivity index (χ0n) is 10.4. The lowest BCUT2D eigenvalue weighted by atomic mass is 10.3. The van der Waals surface area contributed by atoms with Crippen molar-refractivity contribution >= 4 is 23.1 Å². The van der Waals surface area contributed by atoms with E-state index in [0.717, 1.165) is 12.8 Å². The molecular weight excluding hydrogens is 207 g/mol. The van der Waals surface area contributed by atoms with Gasteiger partial charge in [0.2, 0.25) is 0 Å². The van der Waals surface area contributed by atoms with Crippen LogP contribution in [0.3, 0.4) is 0 Å². The lowest BCUT2D eigenvalue weighted by Gasteiger charge is -1.80. The smallest absolute Gasteiger partial charge is 0.187 e. The van der Waals surface area contributed by atoms with Gasteiger partial charge in [0.15, 0.2) is 17.4 Å². The molecule has 0 fully saturated rings. The minimum absolute atomic E-state index is 0. The van der Waals surface area contributed by atoms with Gasteiger partial charge in [0, 0.05) is 18.6 Å². The Kier molecular flexibility index (Phi) is 32.0. The lowest BCUT2D eigenvalue weighted by molar-refractivity contribution is -0.117. The molecule has 0 aromatic carbocycles. The average molecular weight is 236 g/mol. The van der Waals surface area contributed by atoms with Crippen LogP contribution in [0.15, 0.2) is 0 Å². The zero-order valence-corrected chi connectivity index (χ0v) is 10.4. The van der Waals surface area contributed by atoms with Crippen LogP contribution in [0, 0.1) is 0 Å². The summed E-state index contributed by atoms with van der Waals surface area (Å²) in [6.45, 7) is 10.5. The fourth-order valence-corrected chi connectivity index (χ4v) is 0.352. The van der Waals surface area contributed by atoms with Crippen molar-refractivity contribution in [2.75, 3.05) is 0 Å². The maximum atomic E-state index is 10.0. The van der Waals surface area contributed by atoms with Crippen LogP contribution in [-0.2, 0) is 4.79 Å². The number of aliphatic hydroxyl groups excluding tert-OH is 2. The van der Waals surface area contributed by atoms with Crippen LogP contribution in [0.5, 0.6) is 0 Å².